The van der Waals surface area contributed by atoms with Crippen molar-refractivity contribution in [3.63, 3.8) is 0 Å². The number of hydrogen-bond acceptors (Lipinski definition) is 6. The minimum absolute atomic E-state index is 0.101. The van der Waals surface area contributed by atoms with Crippen molar-refractivity contribution in [3.05, 3.63) is 77.6 Å². The van der Waals surface area contributed by atoms with Crippen LogP contribution in [0.5, 0.6) is 0 Å². The lowest BCUT2D eigenvalue weighted by Gasteiger charge is -2.47. The summed E-state index contributed by atoms with van der Waals surface area (Å²) in [5.74, 6) is -1.15. The Morgan fingerprint density at radius 1 is 1.11 bits per heavy atom. The van der Waals surface area contributed by atoms with Crippen LogP contribution in [0.3, 0.4) is 0 Å². The van der Waals surface area contributed by atoms with Gasteiger partial charge in [0.15, 0.2) is 11.6 Å². The number of aromatic nitrogens is 3. The van der Waals surface area contributed by atoms with Gasteiger partial charge in [-0.1, -0.05) is 26.0 Å². The Bertz CT molecular complexity index is 1730. The second-order valence-electron chi connectivity index (χ2n) is 10.6. The molecule has 7 rings (SSSR count). The van der Waals surface area contributed by atoms with Crippen molar-refractivity contribution in [3.8, 4) is 28.7 Å². The van der Waals surface area contributed by atoms with E-state index < -0.39 is 34.7 Å². The number of pyridine rings is 1. The molecule has 0 bridgehead atoms. The summed E-state index contributed by atoms with van der Waals surface area (Å²) in [5.41, 5.74) is 1.13. The van der Waals surface area contributed by atoms with E-state index in [1.165, 1.54) is 18.2 Å². The summed E-state index contributed by atoms with van der Waals surface area (Å²) in [6, 6.07) is 14.7. The van der Waals surface area contributed by atoms with E-state index in [0.29, 0.717) is 52.1 Å². The number of fused-ring (bicyclic) bond motifs is 6. The topological polar surface area (TPSA) is 92.1 Å². The van der Waals surface area contributed by atoms with Gasteiger partial charge in [-0.15, -0.1) is 0 Å². The number of halogens is 2. The quantitative estimate of drug-likeness (QED) is 0.340. The van der Waals surface area contributed by atoms with E-state index in [4.69, 9.17) is 14.7 Å². The van der Waals surface area contributed by atoms with E-state index in [1.807, 2.05) is 13.8 Å². The highest BCUT2D eigenvalue weighted by Gasteiger charge is 2.77. The van der Waals surface area contributed by atoms with Crippen LogP contribution < -0.4 is 0 Å². The highest BCUT2D eigenvalue weighted by molar-refractivity contribution is 5.98. The zero-order valence-corrected chi connectivity index (χ0v) is 20.7. The monoisotopic (exact) mass is 508 g/mol. The van der Waals surface area contributed by atoms with E-state index in [-0.39, 0.29) is 11.7 Å². The third-order valence-electron chi connectivity index (χ3n) is 8.78. The molecule has 0 radical (unpaired) electrons. The van der Waals surface area contributed by atoms with E-state index in [9.17, 15) is 14.4 Å². The fourth-order valence-corrected chi connectivity index (χ4v) is 6.89. The number of benzene rings is 2. The lowest BCUT2D eigenvalue weighted by molar-refractivity contribution is -0.129. The van der Waals surface area contributed by atoms with Crippen molar-refractivity contribution in [2.75, 3.05) is 0 Å². The van der Waals surface area contributed by atoms with E-state index in [2.05, 4.69) is 11.1 Å². The lowest BCUT2D eigenvalue weighted by Crippen LogP contribution is -2.56. The fourth-order valence-electron chi connectivity index (χ4n) is 6.89. The Morgan fingerprint density at radius 2 is 1.92 bits per heavy atom. The number of rotatable bonds is 2. The van der Waals surface area contributed by atoms with Gasteiger partial charge in [-0.25, -0.2) is 18.7 Å². The summed E-state index contributed by atoms with van der Waals surface area (Å²) in [7, 11) is 0. The van der Waals surface area contributed by atoms with Gasteiger partial charge in [0, 0.05) is 45.7 Å². The highest BCUT2D eigenvalue weighted by Crippen LogP contribution is 2.62. The van der Waals surface area contributed by atoms with E-state index >= 15 is 4.39 Å². The molecule has 1 aliphatic heterocycles. The number of Topliss-reactive ketones (excluding diaryl/α,β-unsaturated/α-hetero) is 1. The average Bonchev–Trinajstić information content (AvgIpc) is 3.69. The van der Waals surface area contributed by atoms with Crippen molar-refractivity contribution in [2.45, 2.75) is 43.8 Å². The Labute approximate surface area is 217 Å². The van der Waals surface area contributed by atoms with E-state index in [1.54, 1.807) is 36.5 Å². The first-order valence-corrected chi connectivity index (χ1v) is 12.6. The first kappa shape index (κ1) is 23.1. The van der Waals surface area contributed by atoms with Crippen molar-refractivity contribution in [1.82, 2.24) is 15.0 Å². The summed E-state index contributed by atoms with van der Waals surface area (Å²) < 4.78 is 35.1. The fraction of sp³-hybridized carbons (Fsp3) is 0.300. The zero-order chi connectivity index (χ0) is 26.4. The van der Waals surface area contributed by atoms with Gasteiger partial charge in [-0.3, -0.25) is 9.78 Å². The van der Waals surface area contributed by atoms with Gasteiger partial charge in [0.25, 0.3) is 0 Å². The second kappa shape index (κ2) is 7.71. The predicted octanol–water partition coefficient (Wildman–Crippen LogP) is 5.34. The molecular weight excluding hydrogens is 486 g/mol. The molecule has 2 aromatic carbocycles. The summed E-state index contributed by atoms with van der Waals surface area (Å²) in [6.45, 7) is 3.86. The minimum Gasteiger partial charge on any atom is -0.342 e. The maximum absolute atomic E-state index is 15.2. The lowest BCUT2D eigenvalue weighted by atomic mass is 9.54. The third kappa shape index (κ3) is 2.88. The van der Waals surface area contributed by atoms with Crippen molar-refractivity contribution >= 4 is 16.7 Å². The molecule has 3 aliphatic rings. The smallest absolute Gasteiger partial charge is 0.240 e. The molecule has 4 aromatic rings. The average molecular weight is 509 g/mol. The molecule has 0 N–H and O–H groups in total. The first-order valence-electron chi connectivity index (χ1n) is 12.6. The third-order valence-corrected chi connectivity index (χ3v) is 8.78. The van der Waals surface area contributed by atoms with Crippen LogP contribution >= 0.6 is 0 Å². The van der Waals surface area contributed by atoms with Crippen molar-refractivity contribution in [1.29, 1.82) is 5.26 Å². The molecule has 6 nitrogen and oxygen atoms in total. The zero-order valence-electron chi connectivity index (χ0n) is 20.7. The molecule has 0 unspecified atom stereocenters. The first-order chi connectivity index (χ1) is 18.3. The number of hydrogen-bond donors (Lipinski definition) is 0. The molecule has 38 heavy (non-hydrogen) atoms. The minimum atomic E-state index is -1.48. The van der Waals surface area contributed by atoms with E-state index in [0.717, 1.165) is 5.56 Å². The number of epoxide rings is 1. The molecule has 2 aromatic heterocycles. The van der Waals surface area contributed by atoms with Gasteiger partial charge in [0.1, 0.15) is 23.8 Å². The van der Waals surface area contributed by atoms with Crippen LogP contribution in [-0.2, 0) is 21.4 Å². The van der Waals surface area contributed by atoms with Crippen molar-refractivity contribution < 1.29 is 18.3 Å². The summed E-state index contributed by atoms with van der Waals surface area (Å²) in [6.07, 6.45) is 2.15. The molecular formula is C30H22F2N4O2. The Kier molecular flexibility index (Phi) is 4.68. The molecule has 0 amide bonds. The summed E-state index contributed by atoms with van der Waals surface area (Å²) in [4.78, 5) is 27.4. The maximum atomic E-state index is 15.2. The van der Waals surface area contributed by atoms with Gasteiger partial charge >= 0.3 is 0 Å². The van der Waals surface area contributed by atoms with Crippen LogP contribution in [0.2, 0.25) is 0 Å². The SMILES string of the molecule is C[C@H]1C(=O)[C@@]2(C#N)O[C@H]2[C@@]2(C)c3nc(-c4ccnc5cc(F)ccc45)nc(-c4ccccc4F)c3CC[C@H]12. The van der Waals surface area contributed by atoms with Gasteiger partial charge < -0.3 is 4.74 Å². The second-order valence-corrected chi connectivity index (χ2v) is 10.6. The number of ether oxygens (including phenoxy) is 1. The number of nitriles is 1. The van der Waals surface area contributed by atoms with Gasteiger partial charge in [0.05, 0.1) is 16.9 Å². The molecule has 5 atom stereocenters. The van der Waals surface area contributed by atoms with Crippen LogP contribution in [0.1, 0.15) is 31.5 Å². The van der Waals surface area contributed by atoms with Gasteiger partial charge in [-0.2, -0.15) is 5.26 Å². The molecule has 3 heterocycles. The van der Waals surface area contributed by atoms with Crippen LogP contribution in [0.25, 0.3) is 33.5 Å². The molecule has 8 heteroatoms. The molecule has 0 spiro atoms. The van der Waals surface area contributed by atoms with Crippen LogP contribution in [-0.4, -0.2) is 32.4 Å². The largest absolute Gasteiger partial charge is 0.342 e. The van der Waals surface area contributed by atoms with Crippen LogP contribution in [0.4, 0.5) is 8.78 Å². The van der Waals surface area contributed by atoms with Gasteiger partial charge in [0.2, 0.25) is 5.60 Å². The summed E-state index contributed by atoms with van der Waals surface area (Å²) >= 11 is 0. The Balaban J connectivity index is 1.54. The summed E-state index contributed by atoms with van der Waals surface area (Å²) in [5, 5.41) is 10.6. The Hall–Kier alpha value is -4.09. The van der Waals surface area contributed by atoms with Gasteiger partial charge in [-0.05, 0) is 49.1 Å². The Morgan fingerprint density at radius 3 is 2.71 bits per heavy atom. The number of ketones is 1. The highest BCUT2D eigenvalue weighted by atomic mass is 19.1. The molecule has 2 fully saturated rings. The molecule has 1 saturated carbocycles. The maximum Gasteiger partial charge on any atom is 0.240 e. The van der Waals surface area contributed by atoms with Crippen molar-refractivity contribution in [2.24, 2.45) is 11.8 Å². The molecule has 1 saturated heterocycles. The van der Waals surface area contributed by atoms with Crippen LogP contribution in [0, 0.1) is 34.8 Å². The standard InChI is InChI=1S/C30H22F2N4O2/c1-15-21-10-9-20-24(19-5-3-4-6-22(19)32)35-27(18-11-12-34-23-13-16(31)7-8-17(18)23)36-25(20)29(21,2)28-30(14-33,38-28)26(15)37/h3-8,11-13,15,21,28H,9-10H2,1-2H3/t15-,21-,28+,29-,30-/m1/s1. The molecule has 188 valence electrons. The molecule has 2 aliphatic carbocycles. The predicted molar refractivity (Wildman–Crippen MR) is 135 cm³/mol. The van der Waals surface area contributed by atoms with Crippen LogP contribution in [0.15, 0.2) is 54.7 Å². The number of carbonyl (C=O) groups is 1. The normalized spacial score (nSPS) is 29.2. The number of nitrogens with zero attached hydrogens (tertiary/aromatic N) is 4. The number of carbonyl (C=O) groups excluding carboxylic acids is 1.